The minimum absolute atomic E-state index is 0.0596. The molecular formula is C27H38O3Si. The summed E-state index contributed by atoms with van der Waals surface area (Å²) < 4.78 is 13.3. The van der Waals surface area contributed by atoms with E-state index >= 15 is 0 Å². The highest BCUT2D eigenvalue weighted by Crippen LogP contribution is 2.42. The van der Waals surface area contributed by atoms with Crippen LogP contribution in [0, 0.1) is 11.8 Å². The number of hydrogen-bond donors (Lipinski definition) is 0. The molecule has 0 spiro atoms. The molecule has 2 aromatic rings. The molecule has 1 aliphatic rings. The Balaban J connectivity index is 2.13. The minimum atomic E-state index is -2.63. The van der Waals surface area contributed by atoms with Crippen LogP contribution >= 0.6 is 0 Å². The highest BCUT2D eigenvalue weighted by molar-refractivity contribution is 6.99. The summed E-state index contributed by atoms with van der Waals surface area (Å²) in [5, 5.41) is 2.53. The lowest BCUT2D eigenvalue weighted by atomic mass is 9.77. The van der Waals surface area contributed by atoms with Crippen LogP contribution in [0.15, 0.2) is 60.7 Å². The van der Waals surface area contributed by atoms with Gasteiger partial charge in [0.1, 0.15) is 6.10 Å². The number of benzene rings is 2. The van der Waals surface area contributed by atoms with Crippen LogP contribution in [0.5, 0.6) is 0 Å². The largest absolute Gasteiger partial charge is 0.462 e. The van der Waals surface area contributed by atoms with Crippen molar-refractivity contribution in [2.45, 2.75) is 78.1 Å². The van der Waals surface area contributed by atoms with Gasteiger partial charge in [0, 0.05) is 12.8 Å². The highest BCUT2D eigenvalue weighted by Gasteiger charge is 2.53. The Hall–Kier alpha value is -1.91. The second-order valence-corrected chi connectivity index (χ2v) is 14.4. The first kappa shape index (κ1) is 23.7. The molecule has 3 nitrogen and oxygen atoms in total. The molecule has 168 valence electrons. The second-order valence-electron chi connectivity index (χ2n) is 10.1. The van der Waals surface area contributed by atoms with Gasteiger partial charge in [-0.15, -0.1) is 0 Å². The smallest absolute Gasteiger partial charge is 0.302 e. The van der Waals surface area contributed by atoms with Crippen molar-refractivity contribution in [2.75, 3.05) is 0 Å². The summed E-state index contributed by atoms with van der Waals surface area (Å²) in [6, 6.07) is 21.6. The SMILES string of the molecule is CC[C@H]1[C@@H](O[Si](c2ccccc2)(c2ccccc2)C(C)(C)C)C[C@@H](C)C[C@H]1OC(C)=O. The number of esters is 1. The predicted octanol–water partition coefficient (Wildman–Crippen LogP) is 5.32. The molecule has 1 aliphatic carbocycles. The lowest BCUT2D eigenvalue weighted by Crippen LogP contribution is -2.68. The van der Waals surface area contributed by atoms with Gasteiger partial charge in [-0.2, -0.15) is 0 Å². The molecule has 0 radical (unpaired) electrons. The molecule has 3 rings (SSSR count). The molecule has 1 saturated carbocycles. The van der Waals surface area contributed by atoms with Crippen molar-refractivity contribution in [3.8, 4) is 0 Å². The molecule has 1 fully saturated rings. The van der Waals surface area contributed by atoms with Gasteiger partial charge in [0.2, 0.25) is 0 Å². The topological polar surface area (TPSA) is 35.5 Å². The summed E-state index contributed by atoms with van der Waals surface area (Å²) >= 11 is 0. The summed E-state index contributed by atoms with van der Waals surface area (Å²) in [5.41, 5.74) is 0. The van der Waals surface area contributed by atoms with E-state index in [9.17, 15) is 4.79 Å². The van der Waals surface area contributed by atoms with E-state index in [4.69, 9.17) is 9.16 Å². The minimum Gasteiger partial charge on any atom is -0.462 e. The summed E-state index contributed by atoms with van der Waals surface area (Å²) in [7, 11) is -2.63. The first-order chi connectivity index (χ1) is 14.7. The van der Waals surface area contributed by atoms with Crippen molar-refractivity contribution in [3.63, 3.8) is 0 Å². The third-order valence-corrected chi connectivity index (χ3v) is 11.8. The normalized spacial score (nSPS) is 24.6. The van der Waals surface area contributed by atoms with E-state index in [2.05, 4.69) is 95.3 Å². The lowest BCUT2D eigenvalue weighted by Gasteiger charge is -2.49. The summed E-state index contributed by atoms with van der Waals surface area (Å²) in [4.78, 5) is 11.8. The third-order valence-electron chi connectivity index (χ3n) is 6.76. The van der Waals surface area contributed by atoms with E-state index in [0.29, 0.717) is 5.92 Å². The Morgan fingerprint density at radius 1 is 0.935 bits per heavy atom. The number of ether oxygens (including phenoxy) is 1. The number of carbonyl (C=O) groups is 1. The van der Waals surface area contributed by atoms with E-state index < -0.39 is 8.32 Å². The van der Waals surface area contributed by atoms with E-state index in [1.807, 2.05) is 0 Å². The molecule has 0 amide bonds. The van der Waals surface area contributed by atoms with Gasteiger partial charge in [-0.1, -0.05) is 95.3 Å². The van der Waals surface area contributed by atoms with Crippen LogP contribution in [0.2, 0.25) is 5.04 Å². The zero-order valence-corrected chi connectivity index (χ0v) is 20.9. The molecule has 31 heavy (non-hydrogen) atoms. The average molecular weight is 439 g/mol. The Labute approximate surface area is 189 Å². The van der Waals surface area contributed by atoms with E-state index in [-0.39, 0.29) is 29.1 Å². The maximum absolute atomic E-state index is 11.8. The molecule has 0 aliphatic heterocycles. The summed E-state index contributed by atoms with van der Waals surface area (Å²) in [6.07, 6.45) is 2.84. The molecule has 2 aromatic carbocycles. The molecule has 0 saturated heterocycles. The average Bonchev–Trinajstić information content (AvgIpc) is 2.71. The van der Waals surface area contributed by atoms with Gasteiger partial charge >= 0.3 is 5.97 Å². The fourth-order valence-corrected chi connectivity index (χ4v) is 10.1. The fraction of sp³-hybridized carbons (Fsp3) is 0.519. The Morgan fingerprint density at radius 3 is 1.84 bits per heavy atom. The lowest BCUT2D eigenvalue weighted by molar-refractivity contribution is -0.156. The Bertz CT molecular complexity index is 804. The van der Waals surface area contributed by atoms with Crippen molar-refractivity contribution < 1.29 is 14.0 Å². The molecule has 0 unspecified atom stereocenters. The van der Waals surface area contributed by atoms with Gasteiger partial charge in [0.15, 0.2) is 0 Å². The van der Waals surface area contributed by atoms with Gasteiger partial charge in [0.25, 0.3) is 8.32 Å². The van der Waals surface area contributed by atoms with Crippen LogP contribution in [0.3, 0.4) is 0 Å². The monoisotopic (exact) mass is 438 g/mol. The first-order valence-corrected chi connectivity index (χ1v) is 13.6. The van der Waals surface area contributed by atoms with E-state index in [1.54, 1.807) is 0 Å². The molecule has 0 aromatic heterocycles. The van der Waals surface area contributed by atoms with E-state index in [1.165, 1.54) is 17.3 Å². The fourth-order valence-electron chi connectivity index (χ4n) is 5.41. The quantitative estimate of drug-likeness (QED) is 0.452. The van der Waals surface area contributed by atoms with Crippen LogP contribution in [-0.4, -0.2) is 26.5 Å². The zero-order chi connectivity index (χ0) is 22.6. The molecule has 0 heterocycles. The zero-order valence-electron chi connectivity index (χ0n) is 19.9. The standard InChI is InChI=1S/C27H38O3Si/c1-7-24-25(29-21(3)28)18-20(2)19-26(24)30-31(27(4,5)6,22-14-10-8-11-15-22)23-16-12-9-13-17-23/h8-17,20,24-26H,7,18-19H2,1-6H3/t20-,24+,25+,26-/m0/s1. The summed E-state index contributed by atoms with van der Waals surface area (Å²) in [5.74, 6) is 0.471. The molecule has 4 heteroatoms. The van der Waals surface area contributed by atoms with Gasteiger partial charge in [-0.3, -0.25) is 4.79 Å². The van der Waals surface area contributed by atoms with Crippen LogP contribution < -0.4 is 10.4 Å². The molecule has 4 atom stereocenters. The maximum atomic E-state index is 11.8. The van der Waals surface area contributed by atoms with Crippen LogP contribution in [0.4, 0.5) is 0 Å². The maximum Gasteiger partial charge on any atom is 0.302 e. The highest BCUT2D eigenvalue weighted by atomic mass is 28.4. The van der Waals surface area contributed by atoms with Crippen molar-refractivity contribution in [1.82, 2.24) is 0 Å². The molecule has 0 bridgehead atoms. The van der Waals surface area contributed by atoms with Crippen molar-refractivity contribution in [3.05, 3.63) is 60.7 Å². The van der Waals surface area contributed by atoms with Crippen LogP contribution in [0.25, 0.3) is 0 Å². The number of rotatable bonds is 6. The third kappa shape index (κ3) is 4.96. The number of hydrogen-bond acceptors (Lipinski definition) is 3. The molecular weight excluding hydrogens is 400 g/mol. The van der Waals surface area contributed by atoms with Crippen LogP contribution in [0.1, 0.15) is 60.8 Å². The number of carbonyl (C=O) groups excluding carboxylic acids is 1. The Kier molecular flexibility index (Phi) is 7.43. The van der Waals surface area contributed by atoms with Crippen molar-refractivity contribution in [2.24, 2.45) is 11.8 Å². The molecule has 0 N–H and O–H groups in total. The van der Waals surface area contributed by atoms with Crippen molar-refractivity contribution >= 4 is 24.7 Å². The van der Waals surface area contributed by atoms with E-state index in [0.717, 1.165) is 19.3 Å². The van der Waals surface area contributed by atoms with Gasteiger partial charge in [-0.05, 0) is 40.6 Å². The second kappa shape index (κ2) is 9.70. The van der Waals surface area contributed by atoms with Crippen LogP contribution in [-0.2, 0) is 14.0 Å². The Morgan fingerprint density at radius 2 is 1.42 bits per heavy atom. The first-order valence-electron chi connectivity index (χ1n) is 11.6. The van der Waals surface area contributed by atoms with Gasteiger partial charge in [-0.25, -0.2) is 0 Å². The predicted molar refractivity (Wildman–Crippen MR) is 130 cm³/mol. The van der Waals surface area contributed by atoms with Gasteiger partial charge < -0.3 is 9.16 Å². The van der Waals surface area contributed by atoms with Gasteiger partial charge in [0.05, 0.1) is 6.10 Å². The van der Waals surface area contributed by atoms with Crippen molar-refractivity contribution in [1.29, 1.82) is 0 Å². The summed E-state index contributed by atoms with van der Waals surface area (Å²) in [6.45, 7) is 12.9.